The van der Waals surface area contributed by atoms with Gasteiger partial charge >= 0.3 is 0 Å². The minimum Gasteiger partial charge on any atom is -0.0654 e. The molecule has 126 valence electrons. The summed E-state index contributed by atoms with van der Waals surface area (Å²) in [5, 5.41) is 0. The number of aryl methyl sites for hydroxylation is 1. The van der Waals surface area contributed by atoms with Gasteiger partial charge in [-0.3, -0.25) is 0 Å². The summed E-state index contributed by atoms with van der Waals surface area (Å²) in [7, 11) is 0. The van der Waals surface area contributed by atoms with E-state index < -0.39 is 0 Å². The Morgan fingerprint density at radius 3 is 1.91 bits per heavy atom. The Kier molecular flexibility index (Phi) is 10.3. The Morgan fingerprint density at radius 2 is 1.36 bits per heavy atom. The van der Waals surface area contributed by atoms with Crippen LogP contribution >= 0.6 is 0 Å². The monoisotopic (exact) mass is 302 g/mol. The van der Waals surface area contributed by atoms with Crippen molar-refractivity contribution < 1.29 is 0 Å². The Balaban J connectivity index is 2.64. The molecule has 0 N–H and O–H groups in total. The molecule has 0 saturated carbocycles. The molecule has 0 aliphatic rings. The summed E-state index contributed by atoms with van der Waals surface area (Å²) in [6, 6.07) is 9.34. The van der Waals surface area contributed by atoms with Gasteiger partial charge < -0.3 is 0 Å². The van der Waals surface area contributed by atoms with Crippen molar-refractivity contribution in [2.45, 2.75) is 97.8 Å². The second-order valence-electron chi connectivity index (χ2n) is 7.11. The zero-order chi connectivity index (χ0) is 16.2. The molecule has 0 aliphatic carbocycles. The number of hydrogen-bond donors (Lipinski definition) is 0. The first-order valence-corrected chi connectivity index (χ1v) is 9.77. The molecule has 0 heterocycles. The van der Waals surface area contributed by atoms with E-state index >= 15 is 0 Å². The van der Waals surface area contributed by atoms with Crippen LogP contribution in [0.3, 0.4) is 0 Å². The van der Waals surface area contributed by atoms with Gasteiger partial charge in [0.15, 0.2) is 0 Å². The summed E-state index contributed by atoms with van der Waals surface area (Å²) in [6.45, 7) is 9.19. The van der Waals surface area contributed by atoms with Crippen LogP contribution in [0.15, 0.2) is 24.3 Å². The zero-order valence-corrected chi connectivity index (χ0v) is 15.5. The van der Waals surface area contributed by atoms with Gasteiger partial charge in [-0.1, -0.05) is 102 Å². The Morgan fingerprint density at radius 1 is 0.773 bits per heavy atom. The van der Waals surface area contributed by atoms with E-state index in [0.29, 0.717) is 0 Å². The maximum atomic E-state index is 2.38. The molecule has 22 heavy (non-hydrogen) atoms. The van der Waals surface area contributed by atoms with Crippen LogP contribution in [-0.2, 0) is 0 Å². The van der Waals surface area contributed by atoms with Crippen LogP contribution in [0.1, 0.15) is 102 Å². The lowest BCUT2D eigenvalue weighted by Crippen LogP contribution is -2.08. The average molecular weight is 303 g/mol. The summed E-state index contributed by atoms with van der Waals surface area (Å²) in [4.78, 5) is 0. The van der Waals surface area contributed by atoms with Gasteiger partial charge in [-0.15, -0.1) is 0 Å². The van der Waals surface area contributed by atoms with E-state index in [9.17, 15) is 0 Å². The highest BCUT2D eigenvalue weighted by Gasteiger charge is 2.17. The molecule has 0 aromatic heterocycles. The van der Waals surface area contributed by atoms with E-state index in [2.05, 4.69) is 52.0 Å². The van der Waals surface area contributed by atoms with Gasteiger partial charge in [0.25, 0.3) is 0 Å². The number of hydrogen-bond acceptors (Lipinski definition) is 0. The van der Waals surface area contributed by atoms with Crippen molar-refractivity contribution in [2.75, 3.05) is 0 Å². The second-order valence-corrected chi connectivity index (χ2v) is 7.11. The lowest BCUT2D eigenvalue weighted by atomic mass is 9.82. The van der Waals surface area contributed by atoms with E-state index in [-0.39, 0.29) is 0 Å². The van der Waals surface area contributed by atoms with E-state index in [1.807, 2.05) is 0 Å². The summed E-state index contributed by atoms with van der Waals surface area (Å²) < 4.78 is 0. The van der Waals surface area contributed by atoms with E-state index in [1.165, 1.54) is 69.8 Å². The summed E-state index contributed by atoms with van der Waals surface area (Å²) in [5.41, 5.74) is 2.96. The molecule has 0 spiro atoms. The van der Waals surface area contributed by atoms with E-state index in [0.717, 1.165) is 11.8 Å². The van der Waals surface area contributed by atoms with Crippen LogP contribution < -0.4 is 0 Å². The molecule has 1 rings (SSSR count). The van der Waals surface area contributed by atoms with Crippen LogP contribution in [-0.4, -0.2) is 0 Å². The normalized spacial score (nSPS) is 14.0. The lowest BCUT2D eigenvalue weighted by molar-refractivity contribution is 0.367. The molecule has 2 unspecified atom stereocenters. The van der Waals surface area contributed by atoms with Gasteiger partial charge in [0.1, 0.15) is 0 Å². The van der Waals surface area contributed by atoms with Crippen LogP contribution in [0, 0.1) is 12.8 Å². The highest BCUT2D eigenvalue weighted by Crippen LogP contribution is 2.32. The summed E-state index contributed by atoms with van der Waals surface area (Å²) >= 11 is 0. The second kappa shape index (κ2) is 11.7. The largest absolute Gasteiger partial charge is 0.0654 e. The van der Waals surface area contributed by atoms with E-state index in [4.69, 9.17) is 0 Å². The first-order valence-electron chi connectivity index (χ1n) is 9.77. The zero-order valence-electron chi connectivity index (χ0n) is 15.5. The molecule has 2 atom stereocenters. The molecular formula is C22H38. The third-order valence-corrected chi connectivity index (χ3v) is 5.12. The molecule has 0 heteroatoms. The molecule has 0 saturated heterocycles. The van der Waals surface area contributed by atoms with Crippen molar-refractivity contribution in [3.63, 3.8) is 0 Å². The van der Waals surface area contributed by atoms with Crippen LogP contribution in [0.5, 0.6) is 0 Å². The maximum Gasteiger partial charge on any atom is -0.0159 e. The quantitative estimate of drug-likeness (QED) is 0.348. The van der Waals surface area contributed by atoms with Crippen molar-refractivity contribution >= 4 is 0 Å². The van der Waals surface area contributed by atoms with Crippen molar-refractivity contribution in [3.05, 3.63) is 35.4 Å². The van der Waals surface area contributed by atoms with Gasteiger partial charge in [-0.2, -0.15) is 0 Å². The van der Waals surface area contributed by atoms with Crippen molar-refractivity contribution in [1.82, 2.24) is 0 Å². The summed E-state index contributed by atoms with van der Waals surface area (Å²) in [6.07, 6.45) is 13.8. The van der Waals surface area contributed by atoms with Gasteiger partial charge in [-0.05, 0) is 37.2 Å². The van der Waals surface area contributed by atoms with Crippen LogP contribution in [0.2, 0.25) is 0 Å². The standard InChI is InChI=1S/C22H38/c1-5-8-10-12-20(7-3)18-22(13-11-9-6-2)21-16-14-19(4)15-17-21/h14-17,20,22H,5-13,18H2,1-4H3. The van der Waals surface area contributed by atoms with Crippen LogP contribution in [0.25, 0.3) is 0 Å². The third kappa shape index (κ3) is 7.47. The fourth-order valence-electron chi connectivity index (χ4n) is 3.47. The Bertz CT molecular complexity index is 362. The molecule has 1 aromatic carbocycles. The van der Waals surface area contributed by atoms with E-state index in [1.54, 1.807) is 5.56 Å². The van der Waals surface area contributed by atoms with Gasteiger partial charge in [0.2, 0.25) is 0 Å². The average Bonchev–Trinajstić information content (AvgIpc) is 2.53. The molecule has 0 bridgehead atoms. The number of rotatable bonds is 12. The minimum absolute atomic E-state index is 0.777. The molecule has 0 nitrogen and oxygen atoms in total. The molecule has 1 aromatic rings. The van der Waals surface area contributed by atoms with Crippen LogP contribution in [0.4, 0.5) is 0 Å². The van der Waals surface area contributed by atoms with Crippen molar-refractivity contribution in [1.29, 1.82) is 0 Å². The highest BCUT2D eigenvalue weighted by molar-refractivity contribution is 5.24. The van der Waals surface area contributed by atoms with Gasteiger partial charge in [0, 0.05) is 0 Å². The SMILES string of the molecule is CCCCCC(CC)CC(CCCCC)c1ccc(C)cc1. The predicted molar refractivity (Wildman–Crippen MR) is 101 cm³/mol. The first kappa shape index (κ1) is 19.3. The smallest absolute Gasteiger partial charge is 0.0159 e. The first-order chi connectivity index (χ1) is 10.7. The Labute approximate surface area is 139 Å². The Hall–Kier alpha value is -0.780. The number of unbranched alkanes of at least 4 members (excludes halogenated alkanes) is 4. The van der Waals surface area contributed by atoms with Gasteiger partial charge in [0.05, 0.1) is 0 Å². The van der Waals surface area contributed by atoms with Gasteiger partial charge in [-0.25, -0.2) is 0 Å². The van der Waals surface area contributed by atoms with Crippen molar-refractivity contribution in [3.8, 4) is 0 Å². The maximum absolute atomic E-state index is 2.38. The lowest BCUT2D eigenvalue weighted by Gasteiger charge is -2.23. The molecule has 0 amide bonds. The molecular weight excluding hydrogens is 264 g/mol. The molecule has 0 fully saturated rings. The third-order valence-electron chi connectivity index (χ3n) is 5.12. The molecule has 0 radical (unpaired) electrons. The predicted octanol–water partition coefficient (Wildman–Crippen LogP) is 7.66. The topological polar surface area (TPSA) is 0 Å². The van der Waals surface area contributed by atoms with Crippen molar-refractivity contribution in [2.24, 2.45) is 5.92 Å². The summed E-state index contributed by atoms with van der Waals surface area (Å²) in [5.74, 6) is 1.69. The minimum atomic E-state index is 0.777. The number of benzene rings is 1. The fourth-order valence-corrected chi connectivity index (χ4v) is 3.47. The molecule has 0 aliphatic heterocycles. The highest BCUT2D eigenvalue weighted by atomic mass is 14.2. The fraction of sp³-hybridized carbons (Fsp3) is 0.727.